The summed E-state index contributed by atoms with van der Waals surface area (Å²) >= 11 is 0. The van der Waals surface area contributed by atoms with Crippen LogP contribution in [0.2, 0.25) is 0 Å². The lowest BCUT2D eigenvalue weighted by molar-refractivity contribution is -0.00177. The number of aliphatic hydroxyl groups is 1. The number of pyridine rings is 1. The van der Waals surface area contributed by atoms with E-state index >= 15 is 0 Å². The Kier molecular flexibility index (Phi) is 6.26. The molecule has 0 aromatic carbocycles. The molecule has 4 rings (SSSR count). The molecule has 0 saturated carbocycles. The van der Waals surface area contributed by atoms with Gasteiger partial charge in [0.05, 0.1) is 52.1 Å². The van der Waals surface area contributed by atoms with Gasteiger partial charge >= 0.3 is 0 Å². The molecule has 4 N–H and O–H groups in total. The topological polar surface area (TPSA) is 127 Å². The van der Waals surface area contributed by atoms with Crippen LogP contribution in [0, 0.1) is 17.2 Å². The summed E-state index contributed by atoms with van der Waals surface area (Å²) in [6.07, 6.45) is 1.33. The van der Waals surface area contributed by atoms with E-state index in [-0.39, 0.29) is 12.1 Å². The Morgan fingerprint density at radius 1 is 1.39 bits per heavy atom. The lowest BCUT2D eigenvalue weighted by atomic mass is 10.0. The van der Waals surface area contributed by atoms with E-state index in [0.29, 0.717) is 35.1 Å². The third-order valence-electron chi connectivity index (χ3n) is 5.70. The molecule has 1 saturated heterocycles. The van der Waals surface area contributed by atoms with Crippen molar-refractivity contribution < 1.29 is 14.3 Å². The van der Waals surface area contributed by atoms with Crippen molar-refractivity contribution in [3.63, 3.8) is 0 Å². The highest BCUT2D eigenvalue weighted by Crippen LogP contribution is 2.26. The van der Waals surface area contributed by atoms with Crippen LogP contribution in [0.25, 0.3) is 16.9 Å². The van der Waals surface area contributed by atoms with Crippen LogP contribution in [-0.4, -0.2) is 63.6 Å². The molecule has 4 heterocycles. The van der Waals surface area contributed by atoms with E-state index in [1.807, 2.05) is 12.1 Å². The summed E-state index contributed by atoms with van der Waals surface area (Å²) in [4.78, 5) is 17.3. The molecule has 172 valence electrons. The van der Waals surface area contributed by atoms with Crippen molar-refractivity contribution in [3.05, 3.63) is 47.8 Å². The molecule has 0 aliphatic carbocycles. The molecule has 1 unspecified atom stereocenters. The SMILES string of the molecule is CC(C)(O)C(F)CNC(=O)c1cnc(-c2ccc3cc(C#N)cnn23)cc1NCC1CNC1. The normalized spacial score (nSPS) is 15.0. The van der Waals surface area contributed by atoms with Crippen LogP contribution in [0.1, 0.15) is 29.8 Å². The molecule has 10 heteroatoms. The lowest BCUT2D eigenvalue weighted by Crippen LogP contribution is -2.45. The average molecular weight is 452 g/mol. The van der Waals surface area contributed by atoms with Crippen molar-refractivity contribution in [1.29, 1.82) is 5.26 Å². The van der Waals surface area contributed by atoms with Crippen LogP contribution in [0.15, 0.2) is 36.7 Å². The Morgan fingerprint density at radius 2 is 2.18 bits per heavy atom. The number of amides is 1. The fourth-order valence-electron chi connectivity index (χ4n) is 3.45. The lowest BCUT2D eigenvalue weighted by Gasteiger charge is -2.28. The number of aromatic nitrogens is 3. The second kappa shape index (κ2) is 9.13. The second-order valence-corrected chi connectivity index (χ2v) is 8.76. The zero-order chi connectivity index (χ0) is 23.6. The van der Waals surface area contributed by atoms with E-state index in [1.165, 1.54) is 26.2 Å². The number of halogens is 1. The maximum absolute atomic E-state index is 14.1. The standard InChI is InChI=1S/C23H26FN7O2/c1-23(2,33)21(24)13-29-22(32)17-12-28-19(6-18(17)27-10-15-8-26-9-15)20-4-3-16-5-14(7-25)11-30-31(16)20/h3-6,11-12,15,21,26,33H,8-10,13H2,1-2H3,(H,27,28)(H,29,32). The van der Waals surface area contributed by atoms with E-state index in [1.54, 1.807) is 16.6 Å². The molecule has 1 aliphatic rings. The molecular weight excluding hydrogens is 425 g/mol. The summed E-state index contributed by atoms with van der Waals surface area (Å²) < 4.78 is 15.8. The van der Waals surface area contributed by atoms with Crippen LogP contribution < -0.4 is 16.0 Å². The van der Waals surface area contributed by atoms with Crippen LogP contribution in [-0.2, 0) is 0 Å². The molecule has 1 fully saturated rings. The van der Waals surface area contributed by atoms with Gasteiger partial charge in [0.15, 0.2) is 0 Å². The van der Waals surface area contributed by atoms with Crippen LogP contribution in [0.3, 0.4) is 0 Å². The van der Waals surface area contributed by atoms with Crippen LogP contribution >= 0.6 is 0 Å². The Bertz CT molecular complexity index is 1210. The molecule has 1 atom stereocenters. The zero-order valence-electron chi connectivity index (χ0n) is 18.5. The quantitative estimate of drug-likeness (QED) is 0.411. The maximum atomic E-state index is 14.1. The molecule has 9 nitrogen and oxygen atoms in total. The minimum Gasteiger partial charge on any atom is -0.387 e. The van der Waals surface area contributed by atoms with Crippen LogP contribution in [0.4, 0.5) is 10.1 Å². The number of hydrogen-bond donors (Lipinski definition) is 4. The van der Waals surface area contributed by atoms with Gasteiger partial charge in [0.25, 0.3) is 5.91 Å². The van der Waals surface area contributed by atoms with Gasteiger partial charge in [-0.1, -0.05) is 0 Å². The second-order valence-electron chi connectivity index (χ2n) is 8.76. The number of anilines is 1. The number of carbonyl (C=O) groups excluding carboxylic acids is 1. The number of nitriles is 1. The molecule has 1 aliphatic heterocycles. The van der Waals surface area contributed by atoms with Crippen molar-refractivity contribution in [3.8, 4) is 17.5 Å². The van der Waals surface area contributed by atoms with Gasteiger partial charge in [-0.15, -0.1) is 0 Å². The number of alkyl halides is 1. The smallest absolute Gasteiger partial charge is 0.255 e. The largest absolute Gasteiger partial charge is 0.387 e. The Morgan fingerprint density at radius 3 is 2.85 bits per heavy atom. The van der Waals surface area contributed by atoms with Gasteiger partial charge in [0.1, 0.15) is 12.2 Å². The molecule has 3 aromatic heterocycles. The monoisotopic (exact) mass is 451 g/mol. The van der Waals surface area contributed by atoms with Gasteiger partial charge in [-0.2, -0.15) is 10.4 Å². The van der Waals surface area contributed by atoms with Crippen molar-refractivity contribution in [2.45, 2.75) is 25.6 Å². The van der Waals surface area contributed by atoms with E-state index in [2.05, 4.69) is 32.1 Å². The minimum absolute atomic E-state index is 0.287. The first kappa shape index (κ1) is 22.6. The maximum Gasteiger partial charge on any atom is 0.255 e. The number of nitrogens with one attached hydrogen (secondary N) is 3. The van der Waals surface area contributed by atoms with E-state index in [0.717, 1.165) is 18.6 Å². The number of carbonyl (C=O) groups is 1. The number of fused-ring (bicyclic) bond motifs is 1. The van der Waals surface area contributed by atoms with E-state index in [4.69, 9.17) is 5.26 Å². The van der Waals surface area contributed by atoms with Gasteiger partial charge < -0.3 is 21.1 Å². The summed E-state index contributed by atoms with van der Waals surface area (Å²) in [5.41, 5.74) is 1.83. The van der Waals surface area contributed by atoms with Gasteiger partial charge in [-0.25, -0.2) is 8.91 Å². The highest BCUT2D eigenvalue weighted by Gasteiger charge is 2.27. The Balaban J connectivity index is 1.62. The van der Waals surface area contributed by atoms with E-state index < -0.39 is 17.7 Å². The first-order valence-electron chi connectivity index (χ1n) is 10.7. The first-order valence-corrected chi connectivity index (χ1v) is 10.7. The summed E-state index contributed by atoms with van der Waals surface area (Å²) in [6, 6.07) is 9.27. The van der Waals surface area contributed by atoms with Crippen LogP contribution in [0.5, 0.6) is 0 Å². The van der Waals surface area contributed by atoms with Gasteiger partial charge in [-0.05, 0) is 38.1 Å². The minimum atomic E-state index is -1.61. The molecular formula is C23H26FN7O2. The summed E-state index contributed by atoms with van der Waals surface area (Å²) in [7, 11) is 0. The zero-order valence-corrected chi connectivity index (χ0v) is 18.5. The summed E-state index contributed by atoms with van der Waals surface area (Å²) in [5.74, 6) is -0.0323. The summed E-state index contributed by atoms with van der Waals surface area (Å²) in [5, 5.41) is 32.3. The van der Waals surface area contributed by atoms with Crippen molar-refractivity contribution in [1.82, 2.24) is 25.2 Å². The molecule has 1 amide bonds. The molecule has 0 spiro atoms. The molecule has 0 radical (unpaired) electrons. The van der Waals surface area contributed by atoms with Gasteiger partial charge in [-0.3, -0.25) is 9.78 Å². The van der Waals surface area contributed by atoms with Crippen molar-refractivity contribution >= 4 is 17.1 Å². The predicted octanol–water partition coefficient (Wildman–Crippen LogP) is 1.74. The third-order valence-corrected chi connectivity index (χ3v) is 5.70. The number of rotatable bonds is 8. The number of nitrogens with zero attached hydrogens (tertiary/aromatic N) is 4. The Labute approximate surface area is 190 Å². The average Bonchev–Trinajstić information content (AvgIpc) is 3.18. The Hall–Kier alpha value is -3.55. The fraction of sp³-hybridized carbons (Fsp3) is 0.391. The number of hydrogen-bond acceptors (Lipinski definition) is 7. The molecule has 3 aromatic rings. The highest BCUT2D eigenvalue weighted by molar-refractivity contribution is 6.00. The fourth-order valence-corrected chi connectivity index (χ4v) is 3.45. The first-order chi connectivity index (χ1) is 15.8. The van der Waals surface area contributed by atoms with Gasteiger partial charge in [0, 0.05) is 31.7 Å². The third kappa shape index (κ3) is 4.94. The van der Waals surface area contributed by atoms with Crippen molar-refractivity contribution in [2.24, 2.45) is 5.92 Å². The molecule has 33 heavy (non-hydrogen) atoms. The van der Waals surface area contributed by atoms with Gasteiger partial charge in [0.2, 0.25) is 0 Å². The van der Waals surface area contributed by atoms with E-state index in [9.17, 15) is 14.3 Å². The van der Waals surface area contributed by atoms with Crippen molar-refractivity contribution in [2.75, 3.05) is 31.5 Å². The summed E-state index contributed by atoms with van der Waals surface area (Å²) in [6.45, 7) is 4.87. The highest BCUT2D eigenvalue weighted by atomic mass is 19.1. The molecule has 0 bridgehead atoms. The predicted molar refractivity (Wildman–Crippen MR) is 122 cm³/mol.